The van der Waals surface area contributed by atoms with E-state index in [4.69, 9.17) is 4.74 Å². The summed E-state index contributed by atoms with van der Waals surface area (Å²) >= 11 is 2.04. The van der Waals surface area contributed by atoms with Gasteiger partial charge in [-0.05, 0) is 25.2 Å². The highest BCUT2D eigenvalue weighted by atomic mass is 32.2. The van der Waals surface area contributed by atoms with Gasteiger partial charge in [0.1, 0.15) is 5.75 Å². The topological polar surface area (TPSA) is 21.3 Å². The molecule has 88 valence electrons. The summed E-state index contributed by atoms with van der Waals surface area (Å²) in [4.78, 5) is 0. The summed E-state index contributed by atoms with van der Waals surface area (Å²) in [5.41, 5.74) is 1.25. The van der Waals surface area contributed by atoms with Crippen LogP contribution in [0, 0.1) is 0 Å². The summed E-state index contributed by atoms with van der Waals surface area (Å²) in [5, 5.41) is 3.67. The fourth-order valence-electron chi connectivity index (χ4n) is 2.13. The lowest BCUT2D eigenvalue weighted by atomic mass is 10.1. The number of benzene rings is 1. The molecule has 0 radical (unpaired) electrons. The Labute approximate surface area is 102 Å². The number of hydrogen-bond donors (Lipinski definition) is 1. The lowest BCUT2D eigenvalue weighted by Gasteiger charge is -2.20. The van der Waals surface area contributed by atoms with Gasteiger partial charge in [-0.2, -0.15) is 11.8 Å². The molecule has 0 spiro atoms. The van der Waals surface area contributed by atoms with Gasteiger partial charge in [0.05, 0.1) is 7.11 Å². The van der Waals surface area contributed by atoms with Crippen LogP contribution in [0.15, 0.2) is 24.3 Å². The molecule has 1 unspecified atom stereocenters. The number of ether oxygens (including phenoxy) is 1. The summed E-state index contributed by atoms with van der Waals surface area (Å²) in [6.07, 6.45) is 1.28. The molecule has 0 aromatic heterocycles. The van der Waals surface area contributed by atoms with Crippen LogP contribution in [0.25, 0.3) is 0 Å². The van der Waals surface area contributed by atoms with Gasteiger partial charge < -0.3 is 10.1 Å². The molecule has 3 heteroatoms. The van der Waals surface area contributed by atoms with Gasteiger partial charge in [-0.3, -0.25) is 0 Å². The molecule has 1 aromatic carbocycles. The van der Waals surface area contributed by atoms with Gasteiger partial charge in [-0.15, -0.1) is 0 Å². The third kappa shape index (κ3) is 2.71. The van der Waals surface area contributed by atoms with Crippen LogP contribution in [0.3, 0.4) is 0 Å². The molecule has 0 aliphatic carbocycles. The fraction of sp³-hybridized carbons (Fsp3) is 0.538. The minimum Gasteiger partial charge on any atom is -0.496 e. The lowest BCUT2D eigenvalue weighted by molar-refractivity contribution is 0.396. The number of thioether (sulfide) groups is 1. The Morgan fingerprint density at radius 1 is 1.44 bits per heavy atom. The zero-order valence-electron chi connectivity index (χ0n) is 9.90. The predicted molar refractivity (Wildman–Crippen MR) is 70.3 cm³/mol. The number of hydrogen-bond acceptors (Lipinski definition) is 3. The minimum absolute atomic E-state index is 0.361. The summed E-state index contributed by atoms with van der Waals surface area (Å²) in [6.45, 7) is 2.21. The molecule has 1 saturated heterocycles. The first kappa shape index (κ1) is 11.8. The maximum atomic E-state index is 5.39. The lowest BCUT2D eigenvalue weighted by Crippen LogP contribution is -2.31. The van der Waals surface area contributed by atoms with Crippen LogP contribution in [0.5, 0.6) is 5.75 Å². The highest BCUT2D eigenvalue weighted by Gasteiger charge is 2.19. The largest absolute Gasteiger partial charge is 0.496 e. The molecule has 16 heavy (non-hydrogen) atoms. The third-order valence-electron chi connectivity index (χ3n) is 3.02. The van der Waals surface area contributed by atoms with Crippen LogP contribution in [0.2, 0.25) is 0 Å². The van der Waals surface area contributed by atoms with Crippen LogP contribution in [0.1, 0.15) is 24.9 Å². The second-order valence-corrected chi connectivity index (χ2v) is 5.34. The van der Waals surface area contributed by atoms with Crippen LogP contribution >= 0.6 is 11.8 Å². The number of methoxy groups -OCH3 is 1. The van der Waals surface area contributed by atoms with Crippen LogP contribution < -0.4 is 10.1 Å². The summed E-state index contributed by atoms with van der Waals surface area (Å²) in [5.74, 6) is 3.50. The fourth-order valence-corrected chi connectivity index (χ4v) is 3.30. The summed E-state index contributed by atoms with van der Waals surface area (Å²) in [7, 11) is 1.73. The standard InChI is InChI=1S/C13H19NOS/c1-10(14-11-7-8-16-9-11)12-5-3-4-6-13(12)15-2/h3-6,10-11,14H,7-9H2,1-2H3/t10-,11?/m0/s1. The minimum atomic E-state index is 0.361. The van der Waals surface area contributed by atoms with Crippen molar-refractivity contribution in [2.45, 2.75) is 25.4 Å². The van der Waals surface area contributed by atoms with E-state index in [1.54, 1.807) is 7.11 Å². The highest BCUT2D eigenvalue weighted by molar-refractivity contribution is 7.99. The average Bonchev–Trinajstić information content (AvgIpc) is 2.81. The van der Waals surface area contributed by atoms with Crippen molar-refractivity contribution in [3.63, 3.8) is 0 Å². The summed E-state index contributed by atoms with van der Waals surface area (Å²) in [6, 6.07) is 9.26. The molecular formula is C13H19NOS. The first-order valence-electron chi connectivity index (χ1n) is 5.78. The first-order valence-corrected chi connectivity index (χ1v) is 6.93. The third-order valence-corrected chi connectivity index (χ3v) is 4.18. The van der Waals surface area contributed by atoms with Gasteiger partial charge in [0, 0.05) is 23.4 Å². The number of rotatable bonds is 4. The van der Waals surface area contributed by atoms with Gasteiger partial charge in [-0.25, -0.2) is 0 Å². The van der Waals surface area contributed by atoms with Crippen molar-refractivity contribution in [2.24, 2.45) is 0 Å². The Morgan fingerprint density at radius 2 is 2.25 bits per heavy atom. The number of nitrogens with one attached hydrogen (secondary N) is 1. The molecule has 2 atom stereocenters. The van der Waals surface area contributed by atoms with Gasteiger partial charge in [0.25, 0.3) is 0 Å². The van der Waals surface area contributed by atoms with E-state index in [1.807, 2.05) is 23.9 Å². The van der Waals surface area contributed by atoms with Crippen molar-refractivity contribution in [3.05, 3.63) is 29.8 Å². The zero-order valence-corrected chi connectivity index (χ0v) is 10.7. The van der Waals surface area contributed by atoms with E-state index in [9.17, 15) is 0 Å². The van der Waals surface area contributed by atoms with Gasteiger partial charge in [0.15, 0.2) is 0 Å². The van der Waals surface area contributed by atoms with Crippen molar-refractivity contribution in [3.8, 4) is 5.75 Å². The molecule has 2 nitrogen and oxygen atoms in total. The molecule has 0 bridgehead atoms. The van der Waals surface area contributed by atoms with Crippen molar-refractivity contribution in [1.29, 1.82) is 0 Å². The zero-order chi connectivity index (χ0) is 11.4. The highest BCUT2D eigenvalue weighted by Crippen LogP contribution is 2.26. The molecule has 1 aliphatic heterocycles. The van der Waals surface area contributed by atoms with Gasteiger partial charge in [0.2, 0.25) is 0 Å². The number of para-hydroxylation sites is 1. The normalized spacial score (nSPS) is 22.0. The first-order chi connectivity index (χ1) is 7.81. The Kier molecular flexibility index (Phi) is 4.13. The van der Waals surface area contributed by atoms with Gasteiger partial charge in [-0.1, -0.05) is 18.2 Å². The Hall–Kier alpha value is -0.670. The second kappa shape index (κ2) is 5.60. The molecule has 2 rings (SSSR count). The molecule has 1 N–H and O–H groups in total. The Balaban J connectivity index is 2.04. The molecule has 0 saturated carbocycles. The average molecular weight is 237 g/mol. The van der Waals surface area contributed by atoms with E-state index in [1.165, 1.54) is 23.5 Å². The van der Waals surface area contributed by atoms with Crippen molar-refractivity contribution < 1.29 is 4.74 Å². The maximum absolute atomic E-state index is 5.39. The van der Waals surface area contributed by atoms with Gasteiger partial charge >= 0.3 is 0 Å². The summed E-state index contributed by atoms with van der Waals surface area (Å²) < 4.78 is 5.39. The van der Waals surface area contributed by atoms with E-state index >= 15 is 0 Å². The van der Waals surface area contributed by atoms with E-state index in [0.717, 1.165) is 5.75 Å². The second-order valence-electron chi connectivity index (χ2n) is 4.19. The van der Waals surface area contributed by atoms with E-state index in [0.29, 0.717) is 12.1 Å². The molecule has 0 amide bonds. The molecule has 1 heterocycles. The smallest absolute Gasteiger partial charge is 0.123 e. The Morgan fingerprint density at radius 3 is 2.94 bits per heavy atom. The molecule has 1 aliphatic rings. The van der Waals surface area contributed by atoms with Crippen molar-refractivity contribution in [1.82, 2.24) is 5.32 Å². The van der Waals surface area contributed by atoms with E-state index < -0.39 is 0 Å². The molecule has 1 aromatic rings. The Bertz CT molecular complexity index is 336. The molecule has 1 fully saturated rings. The van der Waals surface area contributed by atoms with Crippen LogP contribution in [-0.2, 0) is 0 Å². The van der Waals surface area contributed by atoms with Crippen molar-refractivity contribution >= 4 is 11.8 Å². The SMILES string of the molecule is COc1ccccc1[C@H](C)NC1CCSC1. The maximum Gasteiger partial charge on any atom is 0.123 e. The monoisotopic (exact) mass is 237 g/mol. The van der Waals surface area contributed by atoms with Crippen molar-refractivity contribution in [2.75, 3.05) is 18.6 Å². The van der Waals surface area contributed by atoms with E-state index in [2.05, 4.69) is 24.4 Å². The van der Waals surface area contributed by atoms with E-state index in [-0.39, 0.29) is 0 Å². The quantitative estimate of drug-likeness (QED) is 0.870. The van der Waals surface area contributed by atoms with Crippen LogP contribution in [-0.4, -0.2) is 24.7 Å². The van der Waals surface area contributed by atoms with Crippen LogP contribution in [0.4, 0.5) is 0 Å². The predicted octanol–water partition coefficient (Wildman–Crippen LogP) is 2.85. The molecular weight excluding hydrogens is 218 g/mol.